The molecule has 0 aromatic rings. The van der Waals surface area contributed by atoms with Gasteiger partial charge in [-0.25, -0.2) is 4.79 Å². The van der Waals surface area contributed by atoms with Crippen molar-refractivity contribution in [2.24, 2.45) is 5.92 Å². The van der Waals surface area contributed by atoms with Crippen LogP contribution in [0.5, 0.6) is 0 Å². The quantitative estimate of drug-likeness (QED) is 0.756. The Morgan fingerprint density at radius 2 is 1.79 bits per heavy atom. The number of nitrogens with one attached hydrogen (secondary N) is 2. The summed E-state index contributed by atoms with van der Waals surface area (Å²) >= 11 is 0. The highest BCUT2D eigenvalue weighted by Gasteiger charge is 2.25. The largest absolute Gasteiger partial charge is 0.338 e. The van der Waals surface area contributed by atoms with E-state index in [1.807, 2.05) is 0 Å². The number of urea groups is 1. The molecular formula is C14H30N4O. The molecule has 0 bridgehead atoms. The van der Waals surface area contributed by atoms with Crippen molar-refractivity contribution in [3.63, 3.8) is 0 Å². The van der Waals surface area contributed by atoms with Crippen LogP contribution in [0, 0.1) is 5.92 Å². The molecule has 1 heterocycles. The number of likely N-dealkylation sites (N-methyl/N-ethyl adjacent to an activating group) is 1. The maximum Gasteiger partial charge on any atom is 0.314 e. The van der Waals surface area contributed by atoms with Gasteiger partial charge in [0, 0.05) is 45.3 Å². The van der Waals surface area contributed by atoms with Crippen LogP contribution in [0.1, 0.15) is 27.2 Å². The van der Waals surface area contributed by atoms with Crippen LogP contribution in [0.3, 0.4) is 0 Å². The average molecular weight is 270 g/mol. The third kappa shape index (κ3) is 5.78. The molecule has 19 heavy (non-hydrogen) atoms. The zero-order chi connectivity index (χ0) is 14.3. The van der Waals surface area contributed by atoms with Gasteiger partial charge in [-0.1, -0.05) is 20.8 Å². The maximum atomic E-state index is 11.6. The highest BCUT2D eigenvalue weighted by molar-refractivity contribution is 5.73. The van der Waals surface area contributed by atoms with Gasteiger partial charge in [-0.3, -0.25) is 4.90 Å². The predicted octanol–water partition coefficient (Wildman–Crippen LogP) is 0.968. The molecule has 1 aliphatic heterocycles. The third-order valence-electron chi connectivity index (χ3n) is 3.78. The fourth-order valence-electron chi connectivity index (χ4n) is 2.44. The summed E-state index contributed by atoms with van der Waals surface area (Å²) in [4.78, 5) is 16.5. The van der Waals surface area contributed by atoms with E-state index in [1.54, 1.807) is 0 Å². The van der Waals surface area contributed by atoms with Gasteiger partial charge in [-0.05, 0) is 19.4 Å². The molecule has 0 saturated carbocycles. The summed E-state index contributed by atoms with van der Waals surface area (Å²) in [5.74, 6) is 0.551. The number of amides is 2. The van der Waals surface area contributed by atoms with E-state index in [9.17, 15) is 4.79 Å². The van der Waals surface area contributed by atoms with Crippen molar-refractivity contribution in [2.75, 3.05) is 46.3 Å². The maximum absolute atomic E-state index is 11.6. The second kappa shape index (κ2) is 8.38. The van der Waals surface area contributed by atoms with Crippen molar-refractivity contribution in [3.8, 4) is 0 Å². The lowest BCUT2D eigenvalue weighted by molar-refractivity contribution is 0.0887. The van der Waals surface area contributed by atoms with E-state index in [4.69, 9.17) is 0 Å². The molecule has 1 rings (SSSR count). The zero-order valence-electron chi connectivity index (χ0n) is 12.9. The molecule has 1 fully saturated rings. The molecule has 0 radical (unpaired) electrons. The molecule has 0 spiro atoms. The van der Waals surface area contributed by atoms with Gasteiger partial charge in [-0.15, -0.1) is 0 Å². The summed E-state index contributed by atoms with van der Waals surface area (Å²) in [6.07, 6.45) is 0.972. The van der Waals surface area contributed by atoms with E-state index < -0.39 is 0 Å². The molecule has 0 aliphatic carbocycles. The van der Waals surface area contributed by atoms with Crippen molar-refractivity contribution in [2.45, 2.75) is 33.2 Å². The number of carbonyl (C=O) groups excluding carboxylic acids is 1. The summed E-state index contributed by atoms with van der Waals surface area (Å²) in [6.45, 7) is 12.4. The highest BCUT2D eigenvalue weighted by atomic mass is 16.2. The molecule has 1 atom stereocenters. The topological polar surface area (TPSA) is 47.6 Å². The number of hydrogen-bond donors (Lipinski definition) is 2. The van der Waals surface area contributed by atoms with Gasteiger partial charge >= 0.3 is 6.03 Å². The minimum atomic E-state index is -0.0402. The number of rotatable bonds is 6. The lowest BCUT2D eigenvalue weighted by atomic mass is 10.0. The van der Waals surface area contributed by atoms with E-state index in [2.05, 4.69) is 48.3 Å². The van der Waals surface area contributed by atoms with Gasteiger partial charge in [0.1, 0.15) is 0 Å². The normalized spacial score (nSPS) is 19.4. The molecule has 0 aromatic carbocycles. The number of nitrogens with zero attached hydrogens (tertiary/aromatic N) is 2. The Kier molecular flexibility index (Phi) is 7.16. The van der Waals surface area contributed by atoms with Crippen LogP contribution < -0.4 is 10.6 Å². The summed E-state index contributed by atoms with van der Waals surface area (Å²) in [7, 11) is 2.16. The Bertz CT molecular complexity index is 262. The summed E-state index contributed by atoms with van der Waals surface area (Å²) in [5, 5.41) is 5.86. The molecule has 112 valence electrons. The minimum absolute atomic E-state index is 0.0402. The summed E-state index contributed by atoms with van der Waals surface area (Å²) in [5.41, 5.74) is 0. The second-order valence-corrected chi connectivity index (χ2v) is 5.79. The van der Waals surface area contributed by atoms with Crippen molar-refractivity contribution >= 4 is 6.03 Å². The monoisotopic (exact) mass is 270 g/mol. The van der Waals surface area contributed by atoms with Gasteiger partial charge in [0.15, 0.2) is 0 Å². The van der Waals surface area contributed by atoms with Gasteiger partial charge in [-0.2, -0.15) is 0 Å². The Hall–Kier alpha value is -0.810. The van der Waals surface area contributed by atoms with E-state index in [1.165, 1.54) is 0 Å². The SMILES string of the molecule is CCCNC(=O)NCC(C(C)C)N1CCN(C)CC1. The van der Waals surface area contributed by atoms with Crippen LogP contribution in [0.2, 0.25) is 0 Å². The molecule has 2 N–H and O–H groups in total. The molecular weight excluding hydrogens is 240 g/mol. The Balaban J connectivity index is 2.38. The van der Waals surface area contributed by atoms with Crippen LogP contribution >= 0.6 is 0 Å². The molecule has 1 saturated heterocycles. The summed E-state index contributed by atoms with van der Waals surface area (Å²) < 4.78 is 0. The van der Waals surface area contributed by atoms with Crippen molar-refractivity contribution in [3.05, 3.63) is 0 Å². The van der Waals surface area contributed by atoms with E-state index in [-0.39, 0.29) is 6.03 Å². The first kappa shape index (κ1) is 16.2. The molecule has 1 unspecified atom stereocenters. The molecule has 2 amide bonds. The lowest BCUT2D eigenvalue weighted by Crippen LogP contribution is -2.54. The standard InChI is InChI=1S/C14H30N4O/c1-5-6-15-14(19)16-11-13(12(2)3)18-9-7-17(4)8-10-18/h12-13H,5-11H2,1-4H3,(H2,15,16,19). The Labute approximate surface area is 117 Å². The van der Waals surface area contributed by atoms with Crippen LogP contribution in [0.4, 0.5) is 4.79 Å². The fraction of sp³-hybridized carbons (Fsp3) is 0.929. The lowest BCUT2D eigenvalue weighted by Gasteiger charge is -2.39. The van der Waals surface area contributed by atoms with Crippen LogP contribution in [-0.2, 0) is 0 Å². The number of hydrogen-bond acceptors (Lipinski definition) is 3. The average Bonchev–Trinajstić information content (AvgIpc) is 2.38. The molecule has 5 heteroatoms. The summed E-state index contributed by atoms with van der Waals surface area (Å²) in [6, 6.07) is 0.391. The Morgan fingerprint density at radius 3 is 2.32 bits per heavy atom. The van der Waals surface area contributed by atoms with Crippen molar-refractivity contribution in [1.82, 2.24) is 20.4 Å². The van der Waals surface area contributed by atoms with E-state index in [0.29, 0.717) is 12.0 Å². The van der Waals surface area contributed by atoms with Gasteiger partial charge < -0.3 is 15.5 Å². The van der Waals surface area contributed by atoms with Crippen molar-refractivity contribution in [1.29, 1.82) is 0 Å². The van der Waals surface area contributed by atoms with Gasteiger partial charge in [0.05, 0.1) is 0 Å². The predicted molar refractivity (Wildman–Crippen MR) is 79.4 cm³/mol. The van der Waals surface area contributed by atoms with Gasteiger partial charge in [0.2, 0.25) is 0 Å². The first-order valence-corrected chi connectivity index (χ1v) is 7.48. The van der Waals surface area contributed by atoms with Gasteiger partial charge in [0.25, 0.3) is 0 Å². The van der Waals surface area contributed by atoms with Crippen LogP contribution in [0.15, 0.2) is 0 Å². The molecule has 5 nitrogen and oxygen atoms in total. The number of carbonyl (C=O) groups is 1. The highest BCUT2D eigenvalue weighted by Crippen LogP contribution is 2.12. The first-order chi connectivity index (χ1) is 9.04. The fourth-order valence-corrected chi connectivity index (χ4v) is 2.44. The van der Waals surface area contributed by atoms with E-state index in [0.717, 1.165) is 45.7 Å². The molecule has 0 aromatic heterocycles. The zero-order valence-corrected chi connectivity index (χ0v) is 12.9. The van der Waals surface area contributed by atoms with E-state index >= 15 is 0 Å². The second-order valence-electron chi connectivity index (χ2n) is 5.79. The number of piperazine rings is 1. The van der Waals surface area contributed by atoms with Crippen LogP contribution in [0.25, 0.3) is 0 Å². The first-order valence-electron chi connectivity index (χ1n) is 7.48. The third-order valence-corrected chi connectivity index (χ3v) is 3.78. The smallest absolute Gasteiger partial charge is 0.314 e. The minimum Gasteiger partial charge on any atom is -0.338 e. The molecule has 1 aliphatic rings. The van der Waals surface area contributed by atoms with Crippen molar-refractivity contribution < 1.29 is 4.79 Å². The Morgan fingerprint density at radius 1 is 1.16 bits per heavy atom. The van der Waals surface area contributed by atoms with Crippen LogP contribution in [-0.4, -0.2) is 68.2 Å².